The van der Waals surface area contributed by atoms with E-state index in [1.807, 2.05) is 18.7 Å². The first-order valence-corrected chi connectivity index (χ1v) is 11.6. The van der Waals surface area contributed by atoms with Crippen LogP contribution < -0.4 is 10.6 Å². The molecule has 3 atom stereocenters. The summed E-state index contributed by atoms with van der Waals surface area (Å²) in [4.78, 5) is 25.4. The number of rotatable bonds is 6. The van der Waals surface area contributed by atoms with Crippen LogP contribution in [0, 0.1) is 11.8 Å². The Hall–Kier alpha value is -1.18. The van der Waals surface area contributed by atoms with E-state index in [1.165, 1.54) is 41.2 Å². The van der Waals surface area contributed by atoms with Gasteiger partial charge in [-0.2, -0.15) is 0 Å². The van der Waals surface area contributed by atoms with Gasteiger partial charge in [-0.3, -0.25) is 15.1 Å². The van der Waals surface area contributed by atoms with Crippen LogP contribution in [0.25, 0.3) is 0 Å². The summed E-state index contributed by atoms with van der Waals surface area (Å²) in [5.74, 6) is 0.745. The lowest BCUT2D eigenvalue weighted by Crippen LogP contribution is -2.48. The van der Waals surface area contributed by atoms with Crippen LogP contribution in [-0.4, -0.2) is 61.1 Å². The molecule has 4 rings (SSSR count). The van der Waals surface area contributed by atoms with Gasteiger partial charge in [-0.1, -0.05) is 11.8 Å². The van der Waals surface area contributed by atoms with Gasteiger partial charge >= 0.3 is 0 Å². The van der Waals surface area contributed by atoms with E-state index in [0.29, 0.717) is 31.0 Å². The largest absolute Gasteiger partial charge is 0.356 e. The zero-order valence-electron chi connectivity index (χ0n) is 17.3. The molecule has 1 saturated carbocycles. The maximum absolute atomic E-state index is 12.2. The second-order valence-electron chi connectivity index (χ2n) is 8.66. The summed E-state index contributed by atoms with van der Waals surface area (Å²) in [5, 5.41) is 8.00. The second kappa shape index (κ2) is 8.67. The molecule has 154 valence electrons. The van der Waals surface area contributed by atoms with Crippen LogP contribution in [0.2, 0.25) is 0 Å². The van der Waals surface area contributed by atoms with Crippen molar-refractivity contribution >= 4 is 29.1 Å². The minimum absolute atomic E-state index is 0.0724. The first-order valence-electron chi connectivity index (χ1n) is 10.8. The average Bonchev–Trinajstić information content (AvgIpc) is 3.22. The molecule has 0 aromatic carbocycles. The number of carbonyl (C=O) groups excluding carboxylic acids is 1. The maximum atomic E-state index is 12.2. The Kier molecular flexibility index (Phi) is 6.23. The maximum Gasteiger partial charge on any atom is 0.220 e. The summed E-state index contributed by atoms with van der Waals surface area (Å²) in [6, 6.07) is 1.23. The van der Waals surface area contributed by atoms with Crippen molar-refractivity contribution in [2.75, 3.05) is 20.6 Å². The van der Waals surface area contributed by atoms with E-state index in [9.17, 15) is 4.79 Å². The number of hydrogen-bond acceptors (Lipinski definition) is 6. The highest BCUT2D eigenvalue weighted by molar-refractivity contribution is 8.17. The molecular weight excluding hydrogens is 370 g/mol. The van der Waals surface area contributed by atoms with Crippen LogP contribution in [0.15, 0.2) is 20.5 Å². The first-order chi connectivity index (χ1) is 13.6. The van der Waals surface area contributed by atoms with E-state index in [-0.39, 0.29) is 18.0 Å². The fourth-order valence-electron chi connectivity index (χ4n) is 5.20. The van der Waals surface area contributed by atoms with Crippen LogP contribution in [0.3, 0.4) is 0 Å². The number of allylic oxidation sites excluding steroid dienone is 1. The quantitative estimate of drug-likeness (QED) is 0.716. The van der Waals surface area contributed by atoms with E-state index < -0.39 is 0 Å². The Balaban J connectivity index is 1.43. The molecule has 7 heteroatoms. The predicted octanol–water partition coefficient (Wildman–Crippen LogP) is 2.77. The highest BCUT2D eigenvalue weighted by Crippen LogP contribution is 2.53. The number of nitrogens with one attached hydrogen (secondary N) is 2. The Morgan fingerprint density at radius 2 is 2.04 bits per heavy atom. The molecule has 0 radical (unpaired) electrons. The molecule has 4 aliphatic rings. The second-order valence-corrected chi connectivity index (χ2v) is 9.78. The Morgan fingerprint density at radius 1 is 1.25 bits per heavy atom. The van der Waals surface area contributed by atoms with Crippen molar-refractivity contribution in [3.8, 4) is 0 Å². The lowest BCUT2D eigenvalue weighted by atomic mass is 9.84. The molecule has 6 nitrogen and oxygen atoms in total. The van der Waals surface area contributed by atoms with Crippen molar-refractivity contribution in [2.45, 2.75) is 70.1 Å². The van der Waals surface area contributed by atoms with Crippen molar-refractivity contribution in [2.24, 2.45) is 21.8 Å². The van der Waals surface area contributed by atoms with Gasteiger partial charge in [-0.15, -0.1) is 0 Å². The third kappa shape index (κ3) is 4.07. The molecule has 1 fully saturated rings. The fraction of sp³-hybridized carbons (Fsp3) is 0.762. The van der Waals surface area contributed by atoms with Crippen molar-refractivity contribution in [3.05, 3.63) is 10.5 Å². The number of aliphatic imine (C=N–C) groups is 2. The number of thioether (sulfide) groups is 1. The zero-order chi connectivity index (χ0) is 19.7. The number of nitrogens with zero attached hydrogens (tertiary/aromatic N) is 3. The summed E-state index contributed by atoms with van der Waals surface area (Å²) in [7, 11) is 4.37. The molecule has 2 aliphatic carbocycles. The molecular formula is C21H33N5OS. The topological polar surface area (TPSA) is 69.1 Å². The molecule has 2 heterocycles. The molecule has 1 amide bonds. The van der Waals surface area contributed by atoms with Gasteiger partial charge in [-0.05, 0) is 75.9 Å². The summed E-state index contributed by atoms with van der Waals surface area (Å²) in [6.07, 6.45) is 9.48. The Labute approximate surface area is 172 Å². The highest BCUT2D eigenvalue weighted by Gasteiger charge is 2.45. The van der Waals surface area contributed by atoms with Gasteiger partial charge < -0.3 is 10.2 Å². The van der Waals surface area contributed by atoms with E-state index >= 15 is 0 Å². The minimum Gasteiger partial charge on any atom is -0.356 e. The van der Waals surface area contributed by atoms with Gasteiger partial charge in [0.15, 0.2) is 0 Å². The molecule has 2 aliphatic heterocycles. The number of fused-ring (bicyclic) bond motifs is 2. The highest BCUT2D eigenvalue weighted by atomic mass is 32.2. The third-order valence-corrected chi connectivity index (χ3v) is 7.93. The van der Waals surface area contributed by atoms with Crippen molar-refractivity contribution in [1.29, 1.82) is 0 Å². The molecule has 2 N–H and O–H groups in total. The predicted molar refractivity (Wildman–Crippen MR) is 117 cm³/mol. The van der Waals surface area contributed by atoms with Crippen molar-refractivity contribution < 1.29 is 4.79 Å². The molecule has 0 aromatic heterocycles. The summed E-state index contributed by atoms with van der Waals surface area (Å²) < 4.78 is 0. The van der Waals surface area contributed by atoms with Crippen LogP contribution in [0.4, 0.5) is 0 Å². The molecule has 28 heavy (non-hydrogen) atoms. The molecule has 0 bridgehead atoms. The fourth-order valence-corrected chi connectivity index (χ4v) is 6.56. The number of amides is 1. The van der Waals surface area contributed by atoms with E-state index in [1.54, 1.807) is 6.34 Å². The Morgan fingerprint density at radius 3 is 2.75 bits per heavy atom. The van der Waals surface area contributed by atoms with E-state index in [0.717, 1.165) is 12.8 Å². The zero-order valence-corrected chi connectivity index (χ0v) is 18.1. The van der Waals surface area contributed by atoms with Gasteiger partial charge in [-0.25, -0.2) is 4.99 Å². The standard InChI is InChI=1S/C21H33N5OS/c1-4-22-17(27)11-13-5-10-16-18(13)19-20(23-12-24-21(19)28-16)25-14-6-8-15(9-7-14)26(2)3/h12-15,19-20,25H,4-11H2,1-3H3,(H,22,27). The van der Waals surface area contributed by atoms with E-state index in [4.69, 9.17) is 4.99 Å². The van der Waals surface area contributed by atoms with Crippen LogP contribution in [0.1, 0.15) is 51.9 Å². The summed E-state index contributed by atoms with van der Waals surface area (Å²) in [5.41, 5.74) is 1.45. The van der Waals surface area contributed by atoms with Crippen molar-refractivity contribution in [1.82, 2.24) is 15.5 Å². The van der Waals surface area contributed by atoms with Crippen molar-refractivity contribution in [3.63, 3.8) is 0 Å². The number of hydrogen-bond donors (Lipinski definition) is 2. The Bertz CT molecular complexity index is 693. The van der Waals surface area contributed by atoms with Crippen LogP contribution in [0.5, 0.6) is 0 Å². The monoisotopic (exact) mass is 403 g/mol. The summed E-state index contributed by atoms with van der Waals surface area (Å²) >= 11 is 1.84. The molecule has 3 unspecified atom stereocenters. The SMILES string of the molecule is CCNC(=O)CC1CCC2=C1C1C(=NC=NC1NC1CCC(N(C)C)CC1)S2. The van der Waals surface area contributed by atoms with Gasteiger partial charge in [0.1, 0.15) is 12.5 Å². The van der Waals surface area contributed by atoms with Crippen LogP contribution in [-0.2, 0) is 4.79 Å². The lowest BCUT2D eigenvalue weighted by molar-refractivity contribution is -0.121. The normalized spacial score (nSPS) is 34.4. The molecule has 0 aromatic rings. The molecule has 0 spiro atoms. The minimum atomic E-state index is 0.0724. The molecule has 0 saturated heterocycles. The lowest BCUT2D eigenvalue weighted by Gasteiger charge is -2.36. The van der Waals surface area contributed by atoms with Gasteiger partial charge in [0, 0.05) is 25.0 Å². The first kappa shape index (κ1) is 20.1. The van der Waals surface area contributed by atoms with Crippen LogP contribution >= 0.6 is 11.8 Å². The number of carbonyl (C=O) groups is 1. The van der Waals surface area contributed by atoms with Gasteiger partial charge in [0.25, 0.3) is 0 Å². The van der Waals surface area contributed by atoms with Gasteiger partial charge in [0.2, 0.25) is 5.91 Å². The van der Waals surface area contributed by atoms with E-state index in [2.05, 4.69) is 34.6 Å². The summed E-state index contributed by atoms with van der Waals surface area (Å²) in [6.45, 7) is 2.68. The van der Waals surface area contributed by atoms with Gasteiger partial charge in [0.05, 0.1) is 11.0 Å². The average molecular weight is 404 g/mol. The third-order valence-electron chi connectivity index (χ3n) is 6.68. The smallest absolute Gasteiger partial charge is 0.220 e.